The van der Waals surface area contributed by atoms with E-state index in [9.17, 15) is 14.5 Å². The molecular formula is C14H10FN3O3. The van der Waals surface area contributed by atoms with Gasteiger partial charge in [-0.05, 0) is 12.1 Å². The number of hydrogen-bond acceptors (Lipinski definition) is 5. The van der Waals surface area contributed by atoms with Crippen LogP contribution >= 0.6 is 0 Å². The van der Waals surface area contributed by atoms with E-state index in [4.69, 9.17) is 4.42 Å². The van der Waals surface area contributed by atoms with Crippen molar-refractivity contribution in [3.63, 3.8) is 0 Å². The molecule has 0 amide bonds. The number of hydrogen-bond donors (Lipinski definition) is 1. The highest BCUT2D eigenvalue weighted by Crippen LogP contribution is 2.23. The van der Waals surface area contributed by atoms with E-state index in [0.29, 0.717) is 16.7 Å². The highest BCUT2D eigenvalue weighted by molar-refractivity contribution is 5.77. The van der Waals surface area contributed by atoms with E-state index in [-0.39, 0.29) is 24.1 Å². The molecule has 2 aromatic carbocycles. The van der Waals surface area contributed by atoms with Crippen LogP contribution in [-0.4, -0.2) is 9.91 Å². The summed E-state index contributed by atoms with van der Waals surface area (Å²) in [5.74, 6) is -0.322. The molecule has 1 aromatic heterocycles. The van der Waals surface area contributed by atoms with Crippen molar-refractivity contribution in [1.82, 2.24) is 4.98 Å². The van der Waals surface area contributed by atoms with Gasteiger partial charge < -0.3 is 9.73 Å². The van der Waals surface area contributed by atoms with Crippen molar-refractivity contribution in [2.24, 2.45) is 0 Å². The lowest BCUT2D eigenvalue weighted by Crippen LogP contribution is -2.01. The molecule has 106 valence electrons. The lowest BCUT2D eigenvalue weighted by molar-refractivity contribution is -0.384. The predicted molar refractivity (Wildman–Crippen MR) is 74.4 cm³/mol. The third-order valence-corrected chi connectivity index (χ3v) is 2.97. The summed E-state index contributed by atoms with van der Waals surface area (Å²) < 4.78 is 18.9. The number of nitrogens with one attached hydrogen (secondary N) is 1. The molecule has 3 aromatic rings. The molecule has 0 aliphatic carbocycles. The van der Waals surface area contributed by atoms with Crippen LogP contribution in [0.4, 0.5) is 16.1 Å². The molecule has 0 saturated heterocycles. The fraction of sp³-hybridized carbons (Fsp3) is 0.0714. The fourth-order valence-corrected chi connectivity index (χ4v) is 1.92. The van der Waals surface area contributed by atoms with Gasteiger partial charge in [0, 0.05) is 24.2 Å². The van der Waals surface area contributed by atoms with Gasteiger partial charge in [-0.15, -0.1) is 0 Å². The van der Waals surface area contributed by atoms with Crippen LogP contribution in [0.5, 0.6) is 0 Å². The molecule has 7 heteroatoms. The molecule has 0 radical (unpaired) electrons. The standard InChI is InChI=1S/C14H10FN3O3/c15-11-4-2-1-3-9(11)8-16-14-17-12-7-10(18(19)20)5-6-13(12)21-14/h1-7H,8H2,(H,16,17). The Morgan fingerprint density at radius 3 is 2.86 bits per heavy atom. The normalized spacial score (nSPS) is 10.7. The Hall–Kier alpha value is -2.96. The van der Waals surface area contributed by atoms with E-state index < -0.39 is 4.92 Å². The molecule has 0 fully saturated rings. The fourth-order valence-electron chi connectivity index (χ4n) is 1.92. The van der Waals surface area contributed by atoms with Crippen LogP contribution in [-0.2, 0) is 6.54 Å². The summed E-state index contributed by atoms with van der Waals surface area (Å²) in [6.07, 6.45) is 0. The summed E-state index contributed by atoms with van der Waals surface area (Å²) >= 11 is 0. The summed E-state index contributed by atoms with van der Waals surface area (Å²) in [4.78, 5) is 14.3. The zero-order chi connectivity index (χ0) is 14.8. The maximum Gasteiger partial charge on any atom is 0.295 e. The largest absolute Gasteiger partial charge is 0.424 e. The van der Waals surface area contributed by atoms with E-state index in [1.54, 1.807) is 18.2 Å². The molecule has 1 N–H and O–H groups in total. The van der Waals surface area contributed by atoms with Crippen molar-refractivity contribution in [2.75, 3.05) is 5.32 Å². The molecule has 1 heterocycles. The van der Waals surface area contributed by atoms with Gasteiger partial charge in [-0.25, -0.2) is 4.39 Å². The first kappa shape index (κ1) is 13.0. The highest BCUT2D eigenvalue weighted by atomic mass is 19.1. The van der Waals surface area contributed by atoms with Crippen molar-refractivity contribution < 1.29 is 13.7 Å². The van der Waals surface area contributed by atoms with Crippen LogP contribution in [0.1, 0.15) is 5.56 Å². The minimum Gasteiger partial charge on any atom is -0.424 e. The quantitative estimate of drug-likeness (QED) is 0.586. The second-order valence-electron chi connectivity index (χ2n) is 4.37. The minimum absolute atomic E-state index is 0.0588. The van der Waals surface area contributed by atoms with Crippen LogP contribution in [0.25, 0.3) is 11.1 Å². The third kappa shape index (κ3) is 2.66. The zero-order valence-electron chi connectivity index (χ0n) is 10.7. The summed E-state index contributed by atoms with van der Waals surface area (Å²) in [5, 5.41) is 13.5. The first-order valence-corrected chi connectivity index (χ1v) is 6.16. The number of non-ortho nitro benzene ring substituents is 1. The summed E-state index contributed by atoms with van der Waals surface area (Å²) in [5.41, 5.74) is 1.22. The molecule has 0 unspecified atom stereocenters. The molecule has 6 nitrogen and oxygen atoms in total. The molecular weight excluding hydrogens is 277 g/mol. The van der Waals surface area contributed by atoms with Gasteiger partial charge in [-0.2, -0.15) is 4.98 Å². The van der Waals surface area contributed by atoms with E-state index >= 15 is 0 Å². The van der Waals surface area contributed by atoms with Gasteiger partial charge >= 0.3 is 0 Å². The molecule has 0 atom stereocenters. The average Bonchev–Trinajstić information content (AvgIpc) is 2.88. The van der Waals surface area contributed by atoms with Gasteiger partial charge in [0.2, 0.25) is 0 Å². The van der Waals surface area contributed by atoms with Crippen molar-refractivity contribution >= 4 is 22.8 Å². The molecule has 3 rings (SSSR count). The second kappa shape index (κ2) is 5.20. The molecule has 0 saturated carbocycles. The average molecular weight is 287 g/mol. The molecule has 0 aliphatic rings. The summed E-state index contributed by atoms with van der Waals surface area (Å²) in [6, 6.07) is 10.7. The number of aromatic nitrogens is 1. The van der Waals surface area contributed by atoms with Gasteiger partial charge in [-0.3, -0.25) is 10.1 Å². The van der Waals surface area contributed by atoms with Gasteiger partial charge in [0.05, 0.1) is 4.92 Å². The Kier molecular flexibility index (Phi) is 3.23. The van der Waals surface area contributed by atoms with E-state index in [1.165, 1.54) is 24.3 Å². The number of anilines is 1. The maximum absolute atomic E-state index is 13.5. The molecule has 0 aliphatic heterocycles. The topological polar surface area (TPSA) is 81.2 Å². The lowest BCUT2D eigenvalue weighted by atomic mass is 10.2. The number of nitro groups is 1. The van der Waals surface area contributed by atoms with Crippen LogP contribution in [0.15, 0.2) is 46.9 Å². The summed E-state index contributed by atoms with van der Waals surface area (Å²) in [7, 11) is 0. The van der Waals surface area contributed by atoms with Crippen LogP contribution in [0, 0.1) is 15.9 Å². The number of nitrogens with zero attached hydrogens (tertiary/aromatic N) is 2. The van der Waals surface area contributed by atoms with Gasteiger partial charge in [0.1, 0.15) is 11.3 Å². The zero-order valence-corrected chi connectivity index (χ0v) is 10.7. The Labute approximate surface area is 118 Å². The Balaban J connectivity index is 1.82. The molecule has 21 heavy (non-hydrogen) atoms. The number of halogens is 1. The van der Waals surface area contributed by atoms with Gasteiger partial charge in [0.25, 0.3) is 11.7 Å². The number of nitro benzene ring substituents is 1. The van der Waals surface area contributed by atoms with Crippen molar-refractivity contribution in [1.29, 1.82) is 0 Å². The smallest absolute Gasteiger partial charge is 0.295 e. The Morgan fingerprint density at radius 2 is 2.10 bits per heavy atom. The van der Waals surface area contributed by atoms with Crippen molar-refractivity contribution in [3.8, 4) is 0 Å². The Bertz CT molecular complexity index is 816. The van der Waals surface area contributed by atoms with Gasteiger partial charge in [-0.1, -0.05) is 18.2 Å². The van der Waals surface area contributed by atoms with Crippen LogP contribution < -0.4 is 5.32 Å². The van der Waals surface area contributed by atoms with Crippen LogP contribution in [0.2, 0.25) is 0 Å². The number of fused-ring (bicyclic) bond motifs is 1. The molecule has 0 spiro atoms. The van der Waals surface area contributed by atoms with Crippen molar-refractivity contribution in [2.45, 2.75) is 6.54 Å². The second-order valence-corrected chi connectivity index (χ2v) is 4.37. The highest BCUT2D eigenvalue weighted by Gasteiger charge is 2.11. The lowest BCUT2D eigenvalue weighted by Gasteiger charge is -2.02. The minimum atomic E-state index is -0.499. The third-order valence-electron chi connectivity index (χ3n) is 2.97. The van der Waals surface area contributed by atoms with Crippen LogP contribution in [0.3, 0.4) is 0 Å². The predicted octanol–water partition coefficient (Wildman–Crippen LogP) is 3.49. The van der Waals surface area contributed by atoms with E-state index in [1.807, 2.05) is 0 Å². The first-order chi connectivity index (χ1) is 10.1. The van der Waals surface area contributed by atoms with E-state index in [2.05, 4.69) is 10.3 Å². The number of oxazole rings is 1. The molecule has 0 bridgehead atoms. The monoisotopic (exact) mass is 287 g/mol. The first-order valence-electron chi connectivity index (χ1n) is 6.16. The maximum atomic E-state index is 13.5. The summed E-state index contributed by atoms with van der Waals surface area (Å²) in [6.45, 7) is 0.210. The van der Waals surface area contributed by atoms with Crippen molar-refractivity contribution in [3.05, 3.63) is 64.0 Å². The number of rotatable bonds is 4. The Morgan fingerprint density at radius 1 is 1.29 bits per heavy atom. The van der Waals surface area contributed by atoms with E-state index in [0.717, 1.165) is 0 Å². The SMILES string of the molecule is O=[N+]([O-])c1ccc2oc(NCc3ccccc3F)nc2c1. The van der Waals surface area contributed by atoms with Gasteiger partial charge in [0.15, 0.2) is 5.58 Å². The number of benzene rings is 2.